The summed E-state index contributed by atoms with van der Waals surface area (Å²) in [4.78, 5) is 10.8. The molecule has 0 amide bonds. The van der Waals surface area contributed by atoms with Crippen LogP contribution >= 0.6 is 0 Å². The maximum Gasteiger partial charge on any atom is 0.0809 e. The standard InChI is InChI=1S/C28H52O5/c1-7-24-16-15-21(3)23(5)26(24)33-25(19-29)14-8-11-20(2)12-9-17-28(6,32)18-10-13-22(4)27(30)31/h15-16,20-26,29,32H,7-14,17-19H2,1-6H3,(H,30,31)/p-1. The van der Waals surface area contributed by atoms with Gasteiger partial charge in [-0.2, -0.15) is 0 Å². The summed E-state index contributed by atoms with van der Waals surface area (Å²) in [6.45, 7) is 12.6. The summed E-state index contributed by atoms with van der Waals surface area (Å²) in [6.07, 6.45) is 13.4. The lowest BCUT2D eigenvalue weighted by Crippen LogP contribution is -2.39. The Morgan fingerprint density at radius 2 is 1.67 bits per heavy atom. The number of aliphatic hydroxyl groups excluding tert-OH is 1. The molecule has 194 valence electrons. The molecule has 0 radical (unpaired) electrons. The van der Waals surface area contributed by atoms with Crippen LogP contribution in [0.25, 0.3) is 0 Å². The van der Waals surface area contributed by atoms with Crippen LogP contribution in [0.15, 0.2) is 12.2 Å². The lowest BCUT2D eigenvalue weighted by molar-refractivity contribution is -0.311. The van der Waals surface area contributed by atoms with E-state index in [1.165, 1.54) is 0 Å². The van der Waals surface area contributed by atoms with Gasteiger partial charge < -0.3 is 24.9 Å². The van der Waals surface area contributed by atoms with Crippen molar-refractivity contribution in [2.75, 3.05) is 6.61 Å². The Labute approximate surface area is 203 Å². The van der Waals surface area contributed by atoms with E-state index in [1.54, 1.807) is 6.92 Å². The van der Waals surface area contributed by atoms with Gasteiger partial charge in [0.05, 0.1) is 24.4 Å². The molecule has 0 spiro atoms. The van der Waals surface area contributed by atoms with Crippen LogP contribution in [0.1, 0.15) is 106 Å². The number of carboxylic acids is 1. The van der Waals surface area contributed by atoms with E-state index >= 15 is 0 Å². The van der Waals surface area contributed by atoms with Gasteiger partial charge in [0.15, 0.2) is 0 Å². The number of hydrogen-bond acceptors (Lipinski definition) is 5. The van der Waals surface area contributed by atoms with Gasteiger partial charge >= 0.3 is 0 Å². The first-order valence-corrected chi connectivity index (χ1v) is 13.4. The Morgan fingerprint density at radius 1 is 1.06 bits per heavy atom. The topological polar surface area (TPSA) is 89.8 Å². The zero-order valence-corrected chi connectivity index (χ0v) is 22.1. The van der Waals surface area contributed by atoms with Gasteiger partial charge in [-0.3, -0.25) is 0 Å². The van der Waals surface area contributed by atoms with Gasteiger partial charge in [0.1, 0.15) is 0 Å². The second-order valence-corrected chi connectivity index (χ2v) is 11.1. The highest BCUT2D eigenvalue weighted by atomic mass is 16.5. The average Bonchev–Trinajstić information content (AvgIpc) is 2.75. The van der Waals surface area contributed by atoms with Crippen molar-refractivity contribution in [3.05, 3.63) is 12.2 Å². The van der Waals surface area contributed by atoms with E-state index in [-0.39, 0.29) is 18.8 Å². The summed E-state index contributed by atoms with van der Waals surface area (Å²) >= 11 is 0. The number of aliphatic hydroxyl groups is 2. The van der Waals surface area contributed by atoms with Gasteiger partial charge in [0, 0.05) is 11.9 Å². The molecule has 5 heteroatoms. The third-order valence-corrected chi connectivity index (χ3v) is 7.85. The molecule has 0 bridgehead atoms. The molecular formula is C28H51O5-. The van der Waals surface area contributed by atoms with Crippen molar-refractivity contribution in [3.63, 3.8) is 0 Å². The molecule has 5 nitrogen and oxygen atoms in total. The molecule has 8 atom stereocenters. The molecule has 0 saturated carbocycles. The number of carboxylic acid groups (broad SMARTS) is 1. The SMILES string of the molecule is CCC1C=CC(C)C(C)C1OC(CO)CCCC(C)CCCC(C)(O)CCCC(C)C(=O)[O-]. The van der Waals surface area contributed by atoms with Gasteiger partial charge in [0.25, 0.3) is 0 Å². The molecule has 0 heterocycles. The number of hydrogen-bond donors (Lipinski definition) is 2. The third-order valence-electron chi connectivity index (χ3n) is 7.85. The minimum absolute atomic E-state index is 0.0750. The summed E-state index contributed by atoms with van der Waals surface area (Å²) in [5.74, 6) is 0.500. The van der Waals surface area contributed by atoms with Crippen LogP contribution in [0.5, 0.6) is 0 Å². The number of ether oxygens (including phenoxy) is 1. The Kier molecular flexibility index (Phi) is 13.8. The number of allylic oxidation sites excluding steroid dienone is 1. The number of rotatable bonds is 17. The van der Waals surface area contributed by atoms with E-state index in [4.69, 9.17) is 4.74 Å². The maximum atomic E-state index is 10.8. The lowest BCUT2D eigenvalue weighted by atomic mass is 9.77. The fourth-order valence-corrected chi connectivity index (χ4v) is 5.01. The molecule has 0 aliphatic heterocycles. The van der Waals surface area contributed by atoms with Crippen molar-refractivity contribution < 1.29 is 24.9 Å². The molecule has 1 rings (SSSR count). The smallest absolute Gasteiger partial charge is 0.0809 e. The highest BCUT2D eigenvalue weighted by Gasteiger charge is 2.33. The van der Waals surface area contributed by atoms with E-state index in [1.807, 2.05) is 6.92 Å². The van der Waals surface area contributed by atoms with Crippen molar-refractivity contribution in [1.29, 1.82) is 0 Å². The van der Waals surface area contributed by atoms with Crippen LogP contribution in [0.2, 0.25) is 0 Å². The van der Waals surface area contributed by atoms with Crippen molar-refractivity contribution in [2.45, 2.75) is 124 Å². The molecule has 0 aromatic heterocycles. The molecule has 0 aromatic carbocycles. The predicted octanol–water partition coefficient (Wildman–Crippen LogP) is 4.88. The minimum atomic E-state index is -1.01. The Bertz CT molecular complexity index is 573. The number of carbonyl (C=O) groups excluding carboxylic acids is 1. The van der Waals surface area contributed by atoms with Crippen molar-refractivity contribution >= 4 is 5.97 Å². The fourth-order valence-electron chi connectivity index (χ4n) is 5.01. The highest BCUT2D eigenvalue weighted by molar-refractivity contribution is 5.66. The summed E-state index contributed by atoms with van der Waals surface area (Å²) in [5, 5.41) is 31.3. The van der Waals surface area contributed by atoms with E-state index in [2.05, 4.69) is 39.8 Å². The molecule has 0 aromatic rings. The predicted molar refractivity (Wildman–Crippen MR) is 133 cm³/mol. The summed E-state index contributed by atoms with van der Waals surface area (Å²) in [5.41, 5.74) is -0.737. The summed E-state index contributed by atoms with van der Waals surface area (Å²) in [6, 6.07) is 0. The normalized spacial score (nSPS) is 27.6. The van der Waals surface area contributed by atoms with Gasteiger partial charge in [-0.15, -0.1) is 0 Å². The van der Waals surface area contributed by atoms with E-state index < -0.39 is 17.5 Å². The largest absolute Gasteiger partial charge is 0.550 e. The minimum Gasteiger partial charge on any atom is -0.550 e. The first kappa shape index (κ1) is 30.1. The molecule has 1 aliphatic rings. The zero-order valence-electron chi connectivity index (χ0n) is 22.1. The van der Waals surface area contributed by atoms with Crippen LogP contribution < -0.4 is 5.11 Å². The van der Waals surface area contributed by atoms with E-state index in [0.29, 0.717) is 42.9 Å². The van der Waals surface area contributed by atoms with Crippen molar-refractivity contribution in [1.82, 2.24) is 0 Å². The van der Waals surface area contributed by atoms with Crippen molar-refractivity contribution in [2.24, 2.45) is 29.6 Å². The van der Waals surface area contributed by atoms with E-state index in [0.717, 1.165) is 44.9 Å². The summed E-state index contributed by atoms with van der Waals surface area (Å²) < 4.78 is 6.43. The Balaban J connectivity index is 2.29. The zero-order chi connectivity index (χ0) is 25.0. The molecule has 0 saturated heterocycles. The fraction of sp³-hybridized carbons (Fsp3) is 0.893. The maximum absolute atomic E-state index is 10.8. The second kappa shape index (κ2) is 15.2. The number of carbonyl (C=O) groups is 1. The Hall–Kier alpha value is -0.910. The molecule has 8 unspecified atom stereocenters. The third kappa shape index (κ3) is 11.4. The van der Waals surface area contributed by atoms with Gasteiger partial charge in [-0.05, 0) is 69.1 Å². The average molecular weight is 468 g/mol. The monoisotopic (exact) mass is 467 g/mol. The first-order chi connectivity index (χ1) is 15.5. The lowest BCUT2D eigenvalue weighted by Gasteiger charge is -2.38. The molecule has 33 heavy (non-hydrogen) atoms. The van der Waals surface area contributed by atoms with E-state index in [9.17, 15) is 20.1 Å². The highest BCUT2D eigenvalue weighted by Crippen LogP contribution is 2.34. The second-order valence-electron chi connectivity index (χ2n) is 11.1. The van der Waals surface area contributed by atoms with Gasteiger partial charge in [0.2, 0.25) is 0 Å². The van der Waals surface area contributed by atoms with Crippen LogP contribution in [0.3, 0.4) is 0 Å². The van der Waals surface area contributed by atoms with Crippen molar-refractivity contribution in [3.8, 4) is 0 Å². The van der Waals surface area contributed by atoms with Crippen LogP contribution in [0.4, 0.5) is 0 Å². The molecule has 0 fully saturated rings. The summed E-state index contributed by atoms with van der Waals surface area (Å²) in [7, 11) is 0. The van der Waals surface area contributed by atoms with Crippen LogP contribution in [-0.2, 0) is 9.53 Å². The van der Waals surface area contributed by atoms with Crippen LogP contribution in [0, 0.1) is 29.6 Å². The quantitative estimate of drug-likeness (QED) is 0.297. The number of aliphatic carboxylic acids is 1. The first-order valence-electron chi connectivity index (χ1n) is 13.4. The van der Waals surface area contributed by atoms with Gasteiger partial charge in [-0.1, -0.05) is 72.5 Å². The molecule has 2 N–H and O–H groups in total. The van der Waals surface area contributed by atoms with Gasteiger partial charge in [-0.25, -0.2) is 0 Å². The van der Waals surface area contributed by atoms with Crippen LogP contribution in [-0.4, -0.2) is 40.6 Å². The molecular weight excluding hydrogens is 416 g/mol. The molecule has 1 aliphatic carbocycles. The Morgan fingerprint density at radius 3 is 2.24 bits per heavy atom.